The summed E-state index contributed by atoms with van der Waals surface area (Å²) in [6.45, 7) is 6.75. The van der Waals surface area contributed by atoms with E-state index in [2.05, 4.69) is 44.6 Å². The third-order valence-corrected chi connectivity index (χ3v) is 3.81. The Morgan fingerprint density at radius 3 is 2.62 bits per heavy atom. The molecule has 2 heteroatoms. The van der Waals surface area contributed by atoms with Crippen LogP contribution >= 0.6 is 11.3 Å². The van der Waals surface area contributed by atoms with Crippen LogP contribution in [0.5, 0.6) is 0 Å². The van der Waals surface area contributed by atoms with Gasteiger partial charge in [-0.3, -0.25) is 0 Å². The fraction of sp³-hybridized carbons (Fsp3) is 0.636. The molecule has 2 unspecified atom stereocenters. The van der Waals surface area contributed by atoms with E-state index in [0.717, 1.165) is 0 Å². The van der Waals surface area contributed by atoms with E-state index >= 15 is 0 Å². The molecular formula is C11H19NS. The average Bonchev–Trinajstić information content (AvgIpc) is 2.53. The number of hydrogen-bond donors (Lipinski definition) is 1. The SMILES string of the molecule is CCC(C)C(NC)c1sccc1C. The molecule has 0 aliphatic rings. The standard InChI is InChI=1S/C11H19NS/c1-5-8(2)10(12-4)11-9(3)6-7-13-11/h6-8,10,12H,5H2,1-4H3. The Hall–Kier alpha value is -0.340. The number of hydrogen-bond acceptors (Lipinski definition) is 2. The molecule has 74 valence electrons. The highest BCUT2D eigenvalue weighted by atomic mass is 32.1. The maximum atomic E-state index is 3.41. The Morgan fingerprint density at radius 1 is 1.54 bits per heavy atom. The molecule has 0 aromatic carbocycles. The lowest BCUT2D eigenvalue weighted by Crippen LogP contribution is -2.22. The topological polar surface area (TPSA) is 12.0 Å². The van der Waals surface area contributed by atoms with Gasteiger partial charge in [-0.2, -0.15) is 0 Å². The molecule has 0 saturated heterocycles. The van der Waals surface area contributed by atoms with E-state index in [4.69, 9.17) is 0 Å². The number of thiophene rings is 1. The largest absolute Gasteiger partial charge is 0.312 e. The van der Waals surface area contributed by atoms with Crippen molar-refractivity contribution in [2.45, 2.75) is 33.2 Å². The summed E-state index contributed by atoms with van der Waals surface area (Å²) in [6, 6.07) is 2.73. The second-order valence-electron chi connectivity index (χ2n) is 3.62. The predicted molar refractivity (Wildman–Crippen MR) is 60.3 cm³/mol. The minimum Gasteiger partial charge on any atom is -0.312 e. The second-order valence-corrected chi connectivity index (χ2v) is 4.57. The van der Waals surface area contributed by atoms with Crippen molar-refractivity contribution < 1.29 is 0 Å². The van der Waals surface area contributed by atoms with Crippen molar-refractivity contribution in [2.75, 3.05) is 7.05 Å². The monoisotopic (exact) mass is 197 g/mol. The summed E-state index contributed by atoms with van der Waals surface area (Å²) in [5, 5.41) is 5.58. The molecule has 0 spiro atoms. The first kappa shape index (κ1) is 10.7. The molecule has 2 atom stereocenters. The van der Waals surface area contributed by atoms with Crippen LogP contribution in [-0.2, 0) is 0 Å². The second kappa shape index (κ2) is 4.77. The van der Waals surface area contributed by atoms with E-state index in [1.54, 1.807) is 0 Å². The lowest BCUT2D eigenvalue weighted by atomic mass is 9.96. The van der Waals surface area contributed by atoms with E-state index < -0.39 is 0 Å². The molecule has 1 aromatic heterocycles. The van der Waals surface area contributed by atoms with E-state index in [0.29, 0.717) is 12.0 Å². The molecule has 1 nitrogen and oxygen atoms in total. The minimum absolute atomic E-state index is 0.532. The van der Waals surface area contributed by atoms with Gasteiger partial charge in [0.15, 0.2) is 0 Å². The first-order valence-corrected chi connectivity index (χ1v) is 5.79. The van der Waals surface area contributed by atoms with E-state index in [-0.39, 0.29) is 0 Å². The zero-order chi connectivity index (χ0) is 9.84. The van der Waals surface area contributed by atoms with Gasteiger partial charge >= 0.3 is 0 Å². The molecule has 0 radical (unpaired) electrons. The Morgan fingerprint density at radius 2 is 2.23 bits per heavy atom. The number of rotatable bonds is 4. The third-order valence-electron chi connectivity index (χ3n) is 2.71. The van der Waals surface area contributed by atoms with Crippen LogP contribution < -0.4 is 5.32 Å². The summed E-state index contributed by atoms with van der Waals surface area (Å²) in [7, 11) is 2.05. The first-order chi connectivity index (χ1) is 6.20. The van der Waals surface area contributed by atoms with Crippen LogP contribution in [0.2, 0.25) is 0 Å². The number of nitrogens with one attached hydrogen (secondary N) is 1. The van der Waals surface area contributed by atoms with Gasteiger partial charge in [0.25, 0.3) is 0 Å². The summed E-state index contributed by atoms with van der Waals surface area (Å²) in [5.41, 5.74) is 1.42. The average molecular weight is 197 g/mol. The van der Waals surface area contributed by atoms with Crippen molar-refractivity contribution >= 4 is 11.3 Å². The normalized spacial score (nSPS) is 15.7. The van der Waals surface area contributed by atoms with Crippen molar-refractivity contribution in [3.8, 4) is 0 Å². The summed E-state index contributed by atoms with van der Waals surface area (Å²) in [4.78, 5) is 1.50. The van der Waals surface area contributed by atoms with Crippen LogP contribution in [0.4, 0.5) is 0 Å². The van der Waals surface area contributed by atoms with E-state index in [1.165, 1.54) is 16.9 Å². The van der Waals surface area contributed by atoms with Crippen LogP contribution in [0, 0.1) is 12.8 Å². The van der Waals surface area contributed by atoms with Crippen LogP contribution in [0.1, 0.15) is 36.8 Å². The van der Waals surface area contributed by atoms with Crippen LogP contribution in [-0.4, -0.2) is 7.05 Å². The molecule has 0 saturated carbocycles. The fourth-order valence-electron chi connectivity index (χ4n) is 1.61. The van der Waals surface area contributed by atoms with Gasteiger partial charge in [0.05, 0.1) is 0 Å². The molecule has 1 N–H and O–H groups in total. The maximum absolute atomic E-state index is 3.41. The van der Waals surface area contributed by atoms with Gasteiger partial charge in [0, 0.05) is 10.9 Å². The van der Waals surface area contributed by atoms with Gasteiger partial charge in [-0.1, -0.05) is 20.3 Å². The smallest absolute Gasteiger partial charge is 0.0440 e. The molecule has 0 aliphatic carbocycles. The molecule has 0 amide bonds. The lowest BCUT2D eigenvalue weighted by molar-refractivity contribution is 0.405. The molecular weight excluding hydrogens is 178 g/mol. The minimum atomic E-state index is 0.532. The van der Waals surface area contributed by atoms with Crippen molar-refractivity contribution in [3.05, 3.63) is 21.9 Å². The van der Waals surface area contributed by atoms with E-state index in [1.807, 2.05) is 11.3 Å². The lowest BCUT2D eigenvalue weighted by Gasteiger charge is -2.22. The van der Waals surface area contributed by atoms with Crippen molar-refractivity contribution in [1.82, 2.24) is 5.32 Å². The Bertz CT molecular complexity index is 254. The Kier molecular flexibility index (Phi) is 3.94. The van der Waals surface area contributed by atoms with Gasteiger partial charge in [-0.25, -0.2) is 0 Å². The van der Waals surface area contributed by atoms with Crippen LogP contribution in [0.25, 0.3) is 0 Å². The first-order valence-electron chi connectivity index (χ1n) is 4.92. The van der Waals surface area contributed by atoms with Crippen molar-refractivity contribution in [3.63, 3.8) is 0 Å². The Labute approximate surface area is 85.2 Å². The number of aryl methyl sites for hydroxylation is 1. The Balaban J connectivity index is 2.84. The highest BCUT2D eigenvalue weighted by molar-refractivity contribution is 7.10. The van der Waals surface area contributed by atoms with Gasteiger partial charge < -0.3 is 5.32 Å². The third kappa shape index (κ3) is 2.32. The van der Waals surface area contributed by atoms with Crippen molar-refractivity contribution in [1.29, 1.82) is 0 Å². The summed E-state index contributed by atoms with van der Waals surface area (Å²) >= 11 is 1.86. The molecule has 1 aromatic rings. The quantitative estimate of drug-likeness (QED) is 0.780. The van der Waals surface area contributed by atoms with Crippen molar-refractivity contribution in [2.24, 2.45) is 5.92 Å². The molecule has 1 heterocycles. The predicted octanol–water partition coefficient (Wildman–Crippen LogP) is 3.36. The van der Waals surface area contributed by atoms with Crippen LogP contribution in [0.3, 0.4) is 0 Å². The molecule has 13 heavy (non-hydrogen) atoms. The van der Waals surface area contributed by atoms with Gasteiger partial charge in [0.2, 0.25) is 0 Å². The summed E-state index contributed by atoms with van der Waals surface area (Å²) < 4.78 is 0. The molecule has 0 bridgehead atoms. The molecule has 1 rings (SSSR count). The summed E-state index contributed by atoms with van der Waals surface area (Å²) in [5.74, 6) is 0.711. The zero-order valence-corrected chi connectivity index (χ0v) is 9.74. The highest BCUT2D eigenvalue weighted by Gasteiger charge is 2.18. The maximum Gasteiger partial charge on any atom is 0.0440 e. The van der Waals surface area contributed by atoms with Gasteiger partial charge in [0.1, 0.15) is 0 Å². The fourth-order valence-corrected chi connectivity index (χ4v) is 2.78. The molecule has 0 fully saturated rings. The van der Waals surface area contributed by atoms with Gasteiger partial charge in [-0.05, 0) is 36.9 Å². The highest BCUT2D eigenvalue weighted by Crippen LogP contribution is 2.30. The van der Waals surface area contributed by atoms with Gasteiger partial charge in [-0.15, -0.1) is 11.3 Å². The van der Waals surface area contributed by atoms with E-state index in [9.17, 15) is 0 Å². The zero-order valence-electron chi connectivity index (χ0n) is 8.92. The molecule has 0 aliphatic heterocycles. The summed E-state index contributed by atoms with van der Waals surface area (Å²) in [6.07, 6.45) is 1.23. The van der Waals surface area contributed by atoms with Crippen LogP contribution in [0.15, 0.2) is 11.4 Å².